The second-order valence-corrected chi connectivity index (χ2v) is 4.93. The van der Waals surface area contributed by atoms with E-state index in [1.54, 1.807) is 19.1 Å². The zero-order chi connectivity index (χ0) is 13.1. The molecule has 6 heteroatoms. The van der Waals surface area contributed by atoms with Crippen LogP contribution in [0.3, 0.4) is 0 Å². The number of aryl methyl sites for hydroxylation is 1. The van der Waals surface area contributed by atoms with Crippen LogP contribution in [-0.2, 0) is 13.0 Å². The first-order valence-corrected chi connectivity index (χ1v) is 6.35. The first-order chi connectivity index (χ1) is 8.60. The normalized spacial score (nSPS) is 10.6. The number of hydrogen-bond donors (Lipinski definition) is 1. The van der Waals surface area contributed by atoms with E-state index in [0.29, 0.717) is 18.5 Å². The summed E-state index contributed by atoms with van der Waals surface area (Å²) >= 11 is 1.53. The van der Waals surface area contributed by atoms with Crippen LogP contribution in [0.2, 0.25) is 0 Å². The van der Waals surface area contributed by atoms with E-state index in [1.165, 1.54) is 11.3 Å². The minimum atomic E-state index is -0.355. The van der Waals surface area contributed by atoms with Gasteiger partial charge in [-0.25, -0.2) is 4.98 Å². The molecule has 0 saturated heterocycles. The molecule has 18 heavy (non-hydrogen) atoms. The maximum atomic E-state index is 10.9. The van der Waals surface area contributed by atoms with Gasteiger partial charge in [0.15, 0.2) is 0 Å². The van der Waals surface area contributed by atoms with E-state index in [1.807, 2.05) is 11.4 Å². The predicted molar refractivity (Wildman–Crippen MR) is 70.6 cm³/mol. The minimum absolute atomic E-state index is 0.156. The summed E-state index contributed by atoms with van der Waals surface area (Å²) in [4.78, 5) is 14.8. The van der Waals surface area contributed by atoms with Crippen LogP contribution in [0.5, 0.6) is 0 Å². The van der Waals surface area contributed by atoms with Gasteiger partial charge in [0.05, 0.1) is 15.6 Å². The molecule has 0 saturated carbocycles. The van der Waals surface area contributed by atoms with Crippen molar-refractivity contribution in [1.29, 1.82) is 0 Å². The highest BCUT2D eigenvalue weighted by molar-refractivity contribution is 7.09. The lowest BCUT2D eigenvalue weighted by Crippen LogP contribution is -1.97. The second kappa shape index (κ2) is 5.24. The smallest absolute Gasteiger partial charge is 0.272 e. The van der Waals surface area contributed by atoms with E-state index in [2.05, 4.69) is 4.98 Å². The van der Waals surface area contributed by atoms with Gasteiger partial charge in [-0.3, -0.25) is 10.1 Å². The topological polar surface area (TPSA) is 82.0 Å². The van der Waals surface area contributed by atoms with E-state index in [-0.39, 0.29) is 10.6 Å². The molecule has 2 aromatic rings. The molecule has 0 unspecified atom stereocenters. The Kier molecular flexibility index (Phi) is 3.69. The molecule has 0 bridgehead atoms. The third-order valence-electron chi connectivity index (χ3n) is 2.63. The average molecular weight is 263 g/mol. The number of nitro groups is 1. The van der Waals surface area contributed by atoms with Crippen molar-refractivity contribution in [1.82, 2.24) is 4.98 Å². The van der Waals surface area contributed by atoms with Gasteiger partial charge in [0, 0.05) is 30.0 Å². The van der Waals surface area contributed by atoms with Gasteiger partial charge in [-0.1, -0.05) is 12.1 Å². The number of rotatable bonds is 4. The molecular weight excluding hydrogens is 250 g/mol. The van der Waals surface area contributed by atoms with Crippen molar-refractivity contribution >= 4 is 17.0 Å². The molecule has 0 aliphatic rings. The Morgan fingerprint density at radius 3 is 2.89 bits per heavy atom. The van der Waals surface area contributed by atoms with Crippen LogP contribution in [0.1, 0.15) is 21.8 Å². The number of nitrogens with zero attached hydrogens (tertiary/aromatic N) is 2. The SMILES string of the molecule is Cc1ccc(Cc2nc(CN)cs2)cc1[N+](=O)[O-]. The Morgan fingerprint density at radius 1 is 1.50 bits per heavy atom. The summed E-state index contributed by atoms with van der Waals surface area (Å²) in [5.74, 6) is 0. The van der Waals surface area contributed by atoms with Gasteiger partial charge in [-0.15, -0.1) is 11.3 Å². The Balaban J connectivity index is 2.24. The van der Waals surface area contributed by atoms with Crippen LogP contribution < -0.4 is 5.73 Å². The van der Waals surface area contributed by atoms with Crippen LogP contribution in [0.4, 0.5) is 5.69 Å². The Morgan fingerprint density at radius 2 is 2.28 bits per heavy atom. The lowest BCUT2D eigenvalue weighted by molar-refractivity contribution is -0.385. The molecule has 94 valence electrons. The second-order valence-electron chi connectivity index (χ2n) is 3.99. The fraction of sp³-hybridized carbons (Fsp3) is 0.250. The van der Waals surface area contributed by atoms with Crippen molar-refractivity contribution in [2.75, 3.05) is 0 Å². The van der Waals surface area contributed by atoms with Crippen molar-refractivity contribution in [2.24, 2.45) is 5.73 Å². The largest absolute Gasteiger partial charge is 0.325 e. The number of hydrogen-bond acceptors (Lipinski definition) is 5. The standard InChI is InChI=1S/C12H13N3O2S/c1-8-2-3-9(4-11(8)15(16)17)5-12-14-10(6-13)7-18-12/h2-4,7H,5-6,13H2,1H3. The average Bonchev–Trinajstić information content (AvgIpc) is 2.79. The summed E-state index contributed by atoms with van der Waals surface area (Å²) < 4.78 is 0. The fourth-order valence-corrected chi connectivity index (χ4v) is 2.50. The molecule has 1 aromatic heterocycles. The molecule has 1 heterocycles. The highest BCUT2D eigenvalue weighted by Crippen LogP contribution is 2.22. The number of thiazole rings is 1. The molecule has 0 spiro atoms. The number of nitrogens with two attached hydrogens (primary N) is 1. The highest BCUT2D eigenvalue weighted by atomic mass is 32.1. The first kappa shape index (κ1) is 12.7. The summed E-state index contributed by atoms with van der Waals surface area (Å²) in [7, 11) is 0. The van der Waals surface area contributed by atoms with E-state index >= 15 is 0 Å². The van der Waals surface area contributed by atoms with E-state index < -0.39 is 0 Å². The molecule has 0 radical (unpaired) electrons. The number of aromatic nitrogens is 1. The van der Waals surface area contributed by atoms with Gasteiger partial charge in [0.2, 0.25) is 0 Å². The molecule has 0 amide bonds. The molecule has 0 atom stereocenters. The summed E-state index contributed by atoms with van der Waals surface area (Å²) in [6, 6.07) is 5.27. The summed E-state index contributed by atoms with van der Waals surface area (Å²) in [5, 5.41) is 13.7. The fourth-order valence-electron chi connectivity index (χ4n) is 1.66. The number of nitro benzene ring substituents is 1. The summed E-state index contributed by atoms with van der Waals surface area (Å²) in [6.45, 7) is 2.16. The third-order valence-corrected chi connectivity index (χ3v) is 3.53. The van der Waals surface area contributed by atoms with Crippen LogP contribution in [0, 0.1) is 17.0 Å². The van der Waals surface area contributed by atoms with Gasteiger partial charge in [-0.2, -0.15) is 0 Å². The van der Waals surface area contributed by atoms with Crippen LogP contribution in [0.15, 0.2) is 23.6 Å². The number of benzene rings is 1. The molecule has 0 fully saturated rings. The van der Waals surface area contributed by atoms with Gasteiger partial charge in [-0.05, 0) is 12.5 Å². The first-order valence-electron chi connectivity index (χ1n) is 5.47. The molecule has 0 aliphatic carbocycles. The third kappa shape index (κ3) is 2.72. The summed E-state index contributed by atoms with van der Waals surface area (Å²) in [5.41, 5.74) is 8.07. The quantitative estimate of drug-likeness (QED) is 0.678. The molecule has 2 N–H and O–H groups in total. The molecule has 5 nitrogen and oxygen atoms in total. The minimum Gasteiger partial charge on any atom is -0.325 e. The lowest BCUT2D eigenvalue weighted by atomic mass is 10.1. The zero-order valence-electron chi connectivity index (χ0n) is 9.92. The summed E-state index contributed by atoms with van der Waals surface area (Å²) in [6.07, 6.45) is 0.603. The maximum Gasteiger partial charge on any atom is 0.272 e. The lowest BCUT2D eigenvalue weighted by Gasteiger charge is -2.01. The van der Waals surface area contributed by atoms with Crippen molar-refractivity contribution in [3.63, 3.8) is 0 Å². The van der Waals surface area contributed by atoms with Crippen molar-refractivity contribution in [3.8, 4) is 0 Å². The van der Waals surface area contributed by atoms with Crippen molar-refractivity contribution < 1.29 is 4.92 Å². The molecule has 0 aliphatic heterocycles. The molecule has 2 rings (SSSR count). The van der Waals surface area contributed by atoms with Gasteiger partial charge >= 0.3 is 0 Å². The molecule has 1 aromatic carbocycles. The van der Waals surface area contributed by atoms with Gasteiger partial charge in [0.1, 0.15) is 0 Å². The molecular formula is C12H13N3O2S. The van der Waals surface area contributed by atoms with Crippen molar-refractivity contribution in [3.05, 3.63) is 55.5 Å². The van der Waals surface area contributed by atoms with E-state index in [0.717, 1.165) is 16.3 Å². The highest BCUT2D eigenvalue weighted by Gasteiger charge is 2.12. The van der Waals surface area contributed by atoms with Crippen LogP contribution >= 0.6 is 11.3 Å². The Hall–Kier alpha value is -1.79. The Bertz CT molecular complexity index is 580. The van der Waals surface area contributed by atoms with Gasteiger partial charge in [0.25, 0.3) is 5.69 Å². The van der Waals surface area contributed by atoms with Gasteiger partial charge < -0.3 is 5.73 Å². The van der Waals surface area contributed by atoms with E-state index in [4.69, 9.17) is 5.73 Å². The van der Waals surface area contributed by atoms with E-state index in [9.17, 15) is 10.1 Å². The maximum absolute atomic E-state index is 10.9. The van der Waals surface area contributed by atoms with Crippen LogP contribution in [-0.4, -0.2) is 9.91 Å². The monoisotopic (exact) mass is 263 g/mol. The predicted octanol–water partition coefficient (Wildman–Crippen LogP) is 2.41. The Labute approximate surface area is 108 Å². The van der Waals surface area contributed by atoms with Crippen molar-refractivity contribution in [2.45, 2.75) is 19.9 Å². The zero-order valence-corrected chi connectivity index (χ0v) is 10.7. The van der Waals surface area contributed by atoms with Crippen LogP contribution in [0.25, 0.3) is 0 Å².